The zero-order valence-corrected chi connectivity index (χ0v) is 13.3. The van der Waals surface area contributed by atoms with E-state index in [2.05, 4.69) is 18.0 Å². The van der Waals surface area contributed by atoms with Gasteiger partial charge in [-0.1, -0.05) is 13.0 Å². The van der Waals surface area contributed by atoms with Crippen molar-refractivity contribution in [3.8, 4) is 0 Å². The van der Waals surface area contributed by atoms with Crippen LogP contribution in [0.1, 0.15) is 39.0 Å². The van der Waals surface area contributed by atoms with E-state index in [0.29, 0.717) is 6.54 Å². The molecule has 3 nitrogen and oxygen atoms in total. The summed E-state index contributed by atoms with van der Waals surface area (Å²) in [6.07, 6.45) is 7.05. The first-order valence-corrected chi connectivity index (χ1v) is 8.21. The van der Waals surface area contributed by atoms with Gasteiger partial charge in [0, 0.05) is 30.9 Å². The number of rotatable bonds is 3. The van der Waals surface area contributed by atoms with Gasteiger partial charge in [0.1, 0.15) is 0 Å². The van der Waals surface area contributed by atoms with Crippen molar-refractivity contribution in [3.63, 3.8) is 0 Å². The maximum absolute atomic E-state index is 12.6. The quantitative estimate of drug-likeness (QED) is 0.868. The Morgan fingerprint density at radius 2 is 2.38 bits per heavy atom. The van der Waals surface area contributed by atoms with Crippen molar-refractivity contribution < 1.29 is 4.79 Å². The van der Waals surface area contributed by atoms with Crippen molar-refractivity contribution in [2.75, 3.05) is 7.05 Å². The lowest BCUT2D eigenvalue weighted by Gasteiger charge is -2.16. The molecule has 110 valence electrons. The van der Waals surface area contributed by atoms with E-state index in [-0.39, 0.29) is 5.91 Å². The van der Waals surface area contributed by atoms with Gasteiger partial charge in [-0.3, -0.25) is 9.78 Å². The van der Waals surface area contributed by atoms with Crippen LogP contribution < -0.4 is 0 Å². The summed E-state index contributed by atoms with van der Waals surface area (Å²) in [5.41, 5.74) is 2.44. The number of hydrogen-bond acceptors (Lipinski definition) is 3. The predicted molar refractivity (Wildman–Crippen MR) is 85.5 cm³/mol. The summed E-state index contributed by atoms with van der Waals surface area (Å²) in [5.74, 6) is 0.856. The molecule has 2 heterocycles. The Balaban J connectivity index is 1.73. The Morgan fingerprint density at radius 3 is 3.14 bits per heavy atom. The van der Waals surface area contributed by atoms with Crippen LogP contribution >= 0.6 is 11.3 Å². The Morgan fingerprint density at radius 1 is 1.52 bits per heavy atom. The second-order valence-electron chi connectivity index (χ2n) is 5.93. The van der Waals surface area contributed by atoms with Crippen LogP contribution in [-0.2, 0) is 19.4 Å². The molecule has 0 N–H and O–H groups in total. The number of aromatic nitrogens is 1. The second-order valence-corrected chi connectivity index (χ2v) is 7.07. The largest absolute Gasteiger partial charge is 0.337 e. The molecule has 0 aromatic carbocycles. The minimum absolute atomic E-state index is 0.117. The highest BCUT2D eigenvalue weighted by atomic mass is 32.1. The summed E-state index contributed by atoms with van der Waals surface area (Å²) in [5, 5.41) is 0. The van der Waals surface area contributed by atoms with Crippen LogP contribution in [0.15, 0.2) is 30.6 Å². The molecule has 21 heavy (non-hydrogen) atoms. The fourth-order valence-corrected chi connectivity index (χ4v) is 4.04. The third-order valence-corrected chi connectivity index (χ3v) is 5.25. The van der Waals surface area contributed by atoms with Crippen molar-refractivity contribution in [2.45, 2.75) is 32.7 Å². The summed E-state index contributed by atoms with van der Waals surface area (Å²) in [7, 11) is 1.86. The molecule has 4 heteroatoms. The molecule has 0 unspecified atom stereocenters. The molecule has 2 aromatic heterocycles. The van der Waals surface area contributed by atoms with Crippen LogP contribution in [0.2, 0.25) is 0 Å². The number of hydrogen-bond donors (Lipinski definition) is 0. The summed E-state index contributed by atoms with van der Waals surface area (Å²) < 4.78 is 0. The lowest BCUT2D eigenvalue weighted by atomic mass is 9.90. The van der Waals surface area contributed by atoms with Gasteiger partial charge in [-0.15, -0.1) is 11.3 Å². The summed E-state index contributed by atoms with van der Waals surface area (Å²) in [4.78, 5) is 20.7. The standard InChI is InChI=1S/C17H20N2OS/c1-12-5-6-15-14(8-12)9-16(21-15)17(20)19(2)11-13-4-3-7-18-10-13/h3-4,7,9-10,12H,5-6,8,11H2,1-2H3/t12-/m1/s1. The monoisotopic (exact) mass is 300 g/mol. The van der Waals surface area contributed by atoms with Gasteiger partial charge in [-0.05, 0) is 48.4 Å². The Labute approximate surface area is 129 Å². The summed E-state index contributed by atoms with van der Waals surface area (Å²) >= 11 is 1.68. The van der Waals surface area contributed by atoms with E-state index in [1.807, 2.05) is 25.4 Å². The van der Waals surface area contributed by atoms with Gasteiger partial charge in [0.25, 0.3) is 5.91 Å². The van der Waals surface area contributed by atoms with Gasteiger partial charge in [0.15, 0.2) is 0 Å². The molecule has 3 rings (SSSR count). The molecular formula is C17H20N2OS. The highest BCUT2D eigenvalue weighted by Gasteiger charge is 2.22. The van der Waals surface area contributed by atoms with Gasteiger partial charge in [-0.25, -0.2) is 0 Å². The number of nitrogens with zero attached hydrogens (tertiary/aromatic N) is 2. The maximum Gasteiger partial charge on any atom is 0.263 e. The Bertz CT molecular complexity index is 635. The highest BCUT2D eigenvalue weighted by molar-refractivity contribution is 7.14. The molecule has 1 aliphatic carbocycles. The Kier molecular flexibility index (Phi) is 4.06. The van der Waals surface area contributed by atoms with E-state index in [4.69, 9.17) is 0 Å². The highest BCUT2D eigenvalue weighted by Crippen LogP contribution is 2.32. The molecule has 0 saturated heterocycles. The first-order chi connectivity index (χ1) is 10.1. The number of carbonyl (C=O) groups is 1. The molecule has 1 aliphatic rings. The average Bonchev–Trinajstić information content (AvgIpc) is 2.90. The molecule has 0 aliphatic heterocycles. The van der Waals surface area contributed by atoms with Crippen LogP contribution in [0.3, 0.4) is 0 Å². The van der Waals surface area contributed by atoms with Gasteiger partial charge in [-0.2, -0.15) is 0 Å². The number of pyridine rings is 1. The summed E-state index contributed by atoms with van der Waals surface area (Å²) in [6, 6.07) is 6.01. The van der Waals surface area contributed by atoms with Gasteiger partial charge in [0.2, 0.25) is 0 Å². The van der Waals surface area contributed by atoms with Crippen LogP contribution in [0.5, 0.6) is 0 Å². The molecule has 1 amide bonds. The van der Waals surface area contributed by atoms with E-state index < -0.39 is 0 Å². The topological polar surface area (TPSA) is 33.2 Å². The predicted octanol–water partition coefficient (Wildman–Crippen LogP) is 3.54. The average molecular weight is 300 g/mol. The fourth-order valence-electron chi connectivity index (χ4n) is 2.84. The number of thiophene rings is 1. The molecule has 0 fully saturated rings. The lowest BCUT2D eigenvalue weighted by molar-refractivity contribution is 0.0789. The minimum atomic E-state index is 0.117. The van der Waals surface area contributed by atoms with E-state index in [1.54, 1.807) is 22.4 Å². The second kappa shape index (κ2) is 5.98. The number of fused-ring (bicyclic) bond motifs is 1. The first-order valence-electron chi connectivity index (χ1n) is 7.39. The van der Waals surface area contributed by atoms with Crippen LogP contribution in [0.25, 0.3) is 0 Å². The van der Waals surface area contributed by atoms with Gasteiger partial charge in [0.05, 0.1) is 4.88 Å². The van der Waals surface area contributed by atoms with E-state index in [1.165, 1.54) is 16.9 Å². The van der Waals surface area contributed by atoms with E-state index >= 15 is 0 Å². The minimum Gasteiger partial charge on any atom is -0.337 e. The lowest BCUT2D eigenvalue weighted by Crippen LogP contribution is -2.25. The molecule has 0 spiro atoms. The molecule has 0 bridgehead atoms. The van der Waals surface area contributed by atoms with E-state index in [0.717, 1.165) is 29.2 Å². The molecule has 0 saturated carbocycles. The smallest absolute Gasteiger partial charge is 0.263 e. The van der Waals surface area contributed by atoms with Crippen molar-refractivity contribution in [2.24, 2.45) is 5.92 Å². The van der Waals surface area contributed by atoms with Gasteiger partial charge < -0.3 is 4.90 Å². The van der Waals surface area contributed by atoms with Crippen molar-refractivity contribution in [1.29, 1.82) is 0 Å². The Hall–Kier alpha value is -1.68. The van der Waals surface area contributed by atoms with Crippen LogP contribution in [0, 0.1) is 5.92 Å². The zero-order valence-electron chi connectivity index (χ0n) is 12.5. The molecular weight excluding hydrogens is 280 g/mol. The third kappa shape index (κ3) is 3.16. The number of amides is 1. The number of aryl methyl sites for hydroxylation is 1. The van der Waals surface area contributed by atoms with Crippen molar-refractivity contribution in [3.05, 3.63) is 51.5 Å². The van der Waals surface area contributed by atoms with E-state index in [9.17, 15) is 4.79 Å². The van der Waals surface area contributed by atoms with Crippen LogP contribution in [-0.4, -0.2) is 22.8 Å². The first kappa shape index (κ1) is 14.3. The maximum atomic E-state index is 12.6. The third-order valence-electron chi connectivity index (χ3n) is 4.03. The summed E-state index contributed by atoms with van der Waals surface area (Å²) in [6.45, 7) is 2.89. The van der Waals surface area contributed by atoms with Gasteiger partial charge >= 0.3 is 0 Å². The molecule has 1 atom stereocenters. The zero-order chi connectivity index (χ0) is 14.8. The molecule has 0 radical (unpaired) electrons. The SMILES string of the molecule is C[C@@H]1CCc2sc(C(=O)N(C)Cc3cccnc3)cc2C1. The molecule has 2 aromatic rings. The normalized spacial score (nSPS) is 17.3. The van der Waals surface area contributed by atoms with Crippen LogP contribution in [0.4, 0.5) is 0 Å². The number of carbonyl (C=O) groups excluding carboxylic acids is 1. The van der Waals surface area contributed by atoms with Crippen molar-refractivity contribution in [1.82, 2.24) is 9.88 Å². The van der Waals surface area contributed by atoms with Crippen molar-refractivity contribution >= 4 is 17.2 Å². The fraction of sp³-hybridized carbons (Fsp3) is 0.412.